The molecule has 1 aliphatic heterocycles. The molecule has 2 heterocycles. The van der Waals surface area contributed by atoms with Crippen molar-refractivity contribution in [2.24, 2.45) is 0 Å². The molecule has 7 nitrogen and oxygen atoms in total. The molecule has 2 aromatic carbocycles. The molecule has 158 valence electrons. The summed E-state index contributed by atoms with van der Waals surface area (Å²) in [5, 5.41) is 8.54. The summed E-state index contributed by atoms with van der Waals surface area (Å²) in [6, 6.07) is 16.0. The fraction of sp³-hybridized carbons (Fsp3) is 0.391. The lowest BCUT2D eigenvalue weighted by atomic mass is 10.1. The van der Waals surface area contributed by atoms with Gasteiger partial charge in [-0.3, -0.25) is 9.80 Å². The van der Waals surface area contributed by atoms with Gasteiger partial charge in [0.05, 0.1) is 20.3 Å². The van der Waals surface area contributed by atoms with Crippen molar-refractivity contribution in [1.82, 2.24) is 20.0 Å². The van der Waals surface area contributed by atoms with E-state index in [1.54, 1.807) is 14.2 Å². The van der Waals surface area contributed by atoms with Gasteiger partial charge in [0.1, 0.15) is 11.5 Å². The zero-order chi connectivity index (χ0) is 20.9. The van der Waals surface area contributed by atoms with Gasteiger partial charge in [0, 0.05) is 38.3 Å². The lowest BCUT2D eigenvalue weighted by Gasteiger charge is -2.36. The second-order valence-electron chi connectivity index (χ2n) is 7.51. The molecule has 0 unspecified atom stereocenters. The number of nitrogens with zero attached hydrogens (tertiary/aromatic N) is 4. The molecule has 0 radical (unpaired) electrons. The highest BCUT2D eigenvalue weighted by Gasteiger charge is 2.26. The van der Waals surface area contributed by atoms with E-state index in [0.29, 0.717) is 11.8 Å². The standard InChI is InChI=1S/C23H28N4O3/c1-17(22-24-25-23(30-22)19-6-10-21(29-3)11-7-19)27-14-12-26(13-15-27)16-18-4-8-20(28-2)9-5-18/h4-11,17H,12-16H2,1-3H3/t17-/m0/s1. The zero-order valence-corrected chi connectivity index (χ0v) is 17.7. The Morgan fingerprint density at radius 3 is 2.07 bits per heavy atom. The van der Waals surface area contributed by atoms with Crippen molar-refractivity contribution in [3.8, 4) is 23.0 Å². The molecule has 1 saturated heterocycles. The molecular weight excluding hydrogens is 380 g/mol. The molecule has 0 spiro atoms. The molecule has 0 saturated carbocycles. The molecule has 1 aromatic heterocycles. The number of ether oxygens (including phenoxy) is 2. The number of aromatic nitrogens is 2. The van der Waals surface area contributed by atoms with Gasteiger partial charge in [-0.2, -0.15) is 0 Å². The maximum atomic E-state index is 5.97. The van der Waals surface area contributed by atoms with Crippen LogP contribution in [0.5, 0.6) is 11.5 Å². The van der Waals surface area contributed by atoms with Gasteiger partial charge >= 0.3 is 0 Å². The maximum absolute atomic E-state index is 5.97. The van der Waals surface area contributed by atoms with Gasteiger partial charge in [-0.25, -0.2) is 0 Å². The third-order valence-electron chi connectivity index (χ3n) is 5.65. The van der Waals surface area contributed by atoms with Crippen molar-refractivity contribution >= 4 is 0 Å². The molecule has 1 atom stereocenters. The largest absolute Gasteiger partial charge is 0.497 e. The van der Waals surface area contributed by atoms with Crippen LogP contribution in [0.25, 0.3) is 11.5 Å². The molecule has 0 aliphatic carbocycles. The molecular formula is C23H28N4O3. The fourth-order valence-corrected chi connectivity index (χ4v) is 3.71. The van der Waals surface area contributed by atoms with Crippen LogP contribution in [0.1, 0.15) is 24.4 Å². The average molecular weight is 409 g/mol. The van der Waals surface area contributed by atoms with E-state index >= 15 is 0 Å². The van der Waals surface area contributed by atoms with Gasteiger partial charge in [0.2, 0.25) is 11.8 Å². The van der Waals surface area contributed by atoms with Crippen LogP contribution in [-0.2, 0) is 6.54 Å². The number of methoxy groups -OCH3 is 2. The summed E-state index contributed by atoms with van der Waals surface area (Å²) in [5.41, 5.74) is 2.20. The Kier molecular flexibility index (Phi) is 6.30. The highest BCUT2D eigenvalue weighted by Crippen LogP contribution is 2.26. The molecule has 4 rings (SSSR count). The number of rotatable bonds is 7. The van der Waals surface area contributed by atoms with E-state index < -0.39 is 0 Å². The summed E-state index contributed by atoms with van der Waals surface area (Å²) < 4.78 is 16.4. The van der Waals surface area contributed by atoms with E-state index in [1.165, 1.54) is 5.56 Å². The molecule has 1 fully saturated rings. The van der Waals surface area contributed by atoms with Crippen molar-refractivity contribution in [1.29, 1.82) is 0 Å². The Bertz CT molecular complexity index is 932. The van der Waals surface area contributed by atoms with Gasteiger partial charge in [-0.15, -0.1) is 10.2 Å². The van der Waals surface area contributed by atoms with Crippen LogP contribution in [0.15, 0.2) is 52.9 Å². The van der Waals surface area contributed by atoms with Crippen LogP contribution >= 0.6 is 0 Å². The third-order valence-corrected chi connectivity index (χ3v) is 5.65. The molecule has 30 heavy (non-hydrogen) atoms. The quantitative estimate of drug-likeness (QED) is 0.591. The highest BCUT2D eigenvalue weighted by atomic mass is 16.5. The highest BCUT2D eigenvalue weighted by molar-refractivity contribution is 5.53. The summed E-state index contributed by atoms with van der Waals surface area (Å²) >= 11 is 0. The average Bonchev–Trinajstić information content (AvgIpc) is 3.30. The molecule has 0 amide bonds. The Morgan fingerprint density at radius 1 is 0.867 bits per heavy atom. The van der Waals surface area contributed by atoms with Crippen molar-refractivity contribution in [2.45, 2.75) is 19.5 Å². The molecule has 7 heteroatoms. The van der Waals surface area contributed by atoms with Gasteiger partial charge in [-0.1, -0.05) is 12.1 Å². The SMILES string of the molecule is COc1ccc(CN2CCN([C@@H](C)c3nnc(-c4ccc(OC)cc4)o3)CC2)cc1. The number of benzene rings is 2. The molecule has 1 aliphatic rings. The van der Waals surface area contributed by atoms with Crippen molar-refractivity contribution in [3.63, 3.8) is 0 Å². The Morgan fingerprint density at radius 2 is 1.47 bits per heavy atom. The van der Waals surface area contributed by atoms with Gasteiger partial charge in [0.25, 0.3) is 0 Å². The fourth-order valence-electron chi connectivity index (χ4n) is 3.71. The first-order chi connectivity index (χ1) is 14.7. The van der Waals surface area contributed by atoms with Crippen LogP contribution in [0.3, 0.4) is 0 Å². The zero-order valence-electron chi connectivity index (χ0n) is 17.7. The minimum Gasteiger partial charge on any atom is -0.497 e. The van der Waals surface area contributed by atoms with E-state index in [9.17, 15) is 0 Å². The van der Waals surface area contributed by atoms with Gasteiger partial charge in [-0.05, 0) is 48.9 Å². The smallest absolute Gasteiger partial charge is 0.247 e. The van der Waals surface area contributed by atoms with Crippen molar-refractivity contribution < 1.29 is 13.9 Å². The number of hydrogen-bond acceptors (Lipinski definition) is 7. The summed E-state index contributed by atoms with van der Waals surface area (Å²) in [6.45, 7) is 7.04. The normalized spacial score (nSPS) is 16.4. The van der Waals surface area contributed by atoms with Crippen LogP contribution in [0, 0.1) is 0 Å². The minimum atomic E-state index is 0.0904. The van der Waals surface area contributed by atoms with Crippen molar-refractivity contribution in [2.75, 3.05) is 40.4 Å². The first kappa shape index (κ1) is 20.4. The Labute approximate surface area is 177 Å². The summed E-state index contributed by atoms with van der Waals surface area (Å²) in [7, 11) is 3.34. The van der Waals surface area contributed by atoms with E-state index in [1.807, 2.05) is 36.4 Å². The van der Waals surface area contributed by atoms with Crippen LogP contribution in [-0.4, -0.2) is 60.4 Å². The molecule has 0 N–H and O–H groups in total. The van der Waals surface area contributed by atoms with Crippen LogP contribution in [0.4, 0.5) is 0 Å². The third kappa shape index (κ3) is 4.63. The van der Waals surface area contributed by atoms with E-state index in [4.69, 9.17) is 13.9 Å². The monoisotopic (exact) mass is 408 g/mol. The maximum Gasteiger partial charge on any atom is 0.247 e. The lowest BCUT2D eigenvalue weighted by Crippen LogP contribution is -2.46. The number of piperazine rings is 1. The van der Waals surface area contributed by atoms with E-state index in [2.05, 4.69) is 39.1 Å². The topological polar surface area (TPSA) is 63.9 Å². The van der Waals surface area contributed by atoms with Gasteiger partial charge in [0.15, 0.2) is 0 Å². The summed E-state index contributed by atoms with van der Waals surface area (Å²) in [4.78, 5) is 4.87. The Balaban J connectivity index is 1.32. The second-order valence-corrected chi connectivity index (χ2v) is 7.51. The van der Waals surface area contributed by atoms with Crippen LogP contribution in [0.2, 0.25) is 0 Å². The lowest BCUT2D eigenvalue weighted by molar-refractivity contribution is 0.0876. The predicted octanol–water partition coefficient (Wildman–Crippen LogP) is 3.63. The number of hydrogen-bond donors (Lipinski definition) is 0. The first-order valence-corrected chi connectivity index (χ1v) is 10.2. The van der Waals surface area contributed by atoms with Gasteiger partial charge < -0.3 is 13.9 Å². The first-order valence-electron chi connectivity index (χ1n) is 10.2. The molecule has 3 aromatic rings. The van der Waals surface area contributed by atoms with E-state index in [0.717, 1.165) is 49.8 Å². The summed E-state index contributed by atoms with van der Waals surface area (Å²) in [5.74, 6) is 2.90. The van der Waals surface area contributed by atoms with Crippen LogP contribution < -0.4 is 9.47 Å². The summed E-state index contributed by atoms with van der Waals surface area (Å²) in [6.07, 6.45) is 0. The second kappa shape index (κ2) is 9.28. The van der Waals surface area contributed by atoms with Crippen molar-refractivity contribution in [3.05, 3.63) is 60.0 Å². The predicted molar refractivity (Wildman–Crippen MR) is 115 cm³/mol. The van der Waals surface area contributed by atoms with E-state index in [-0.39, 0.29) is 6.04 Å². The minimum absolute atomic E-state index is 0.0904. The molecule has 0 bridgehead atoms. The Hall–Kier alpha value is -2.90.